The molecule has 0 aliphatic carbocycles. The number of nitrogens with one attached hydrogen (secondary N) is 1. The molecule has 2 aromatic carbocycles. The second-order valence-electron chi connectivity index (χ2n) is 4.25. The minimum absolute atomic E-state index is 0.0440. The molecule has 0 atom stereocenters. The number of ether oxygens (including phenoxy) is 1. The highest BCUT2D eigenvalue weighted by atomic mass is 35.5. The lowest BCUT2D eigenvalue weighted by molar-refractivity contribution is 0.413. The lowest BCUT2D eigenvalue weighted by atomic mass is 10.1. The molecule has 0 aliphatic rings. The van der Waals surface area contributed by atoms with E-state index in [0.717, 1.165) is 5.56 Å². The molecule has 0 amide bonds. The topological polar surface area (TPSA) is 45.0 Å². The molecule has 0 radical (unpaired) electrons. The van der Waals surface area contributed by atoms with Gasteiger partial charge >= 0.3 is 0 Å². The van der Waals surface area contributed by atoms with Gasteiger partial charge in [0, 0.05) is 12.2 Å². The fraction of sp³-hybridized carbons (Fsp3) is 0.133. The highest BCUT2D eigenvalue weighted by Crippen LogP contribution is 2.28. The van der Waals surface area contributed by atoms with Crippen LogP contribution >= 0.6 is 23.2 Å². The summed E-state index contributed by atoms with van der Waals surface area (Å²) >= 11 is 11.5. The summed E-state index contributed by atoms with van der Waals surface area (Å²) in [6.07, 6.45) is 0. The third-order valence-corrected chi connectivity index (χ3v) is 3.41. The molecule has 0 aliphatic heterocycles. The molecular formula is C15H11Cl2FN2O. The molecule has 0 unspecified atom stereocenters. The van der Waals surface area contributed by atoms with Gasteiger partial charge in [-0.25, -0.2) is 4.39 Å². The summed E-state index contributed by atoms with van der Waals surface area (Å²) in [4.78, 5) is 0. The second-order valence-corrected chi connectivity index (χ2v) is 5.07. The van der Waals surface area contributed by atoms with Crippen molar-refractivity contribution in [2.45, 2.75) is 6.54 Å². The Balaban J connectivity index is 2.15. The van der Waals surface area contributed by atoms with E-state index in [9.17, 15) is 4.39 Å². The van der Waals surface area contributed by atoms with Crippen molar-refractivity contribution in [2.24, 2.45) is 0 Å². The van der Waals surface area contributed by atoms with Crippen LogP contribution in [0.15, 0.2) is 30.3 Å². The first-order valence-corrected chi connectivity index (χ1v) is 6.76. The highest BCUT2D eigenvalue weighted by Gasteiger charge is 2.08. The summed E-state index contributed by atoms with van der Waals surface area (Å²) in [7, 11) is 1.51. The maximum atomic E-state index is 13.3. The van der Waals surface area contributed by atoms with Crippen molar-refractivity contribution in [3.8, 4) is 11.8 Å². The van der Waals surface area contributed by atoms with Gasteiger partial charge in [-0.1, -0.05) is 29.3 Å². The highest BCUT2D eigenvalue weighted by molar-refractivity contribution is 6.35. The third-order valence-electron chi connectivity index (χ3n) is 2.86. The molecule has 1 N–H and O–H groups in total. The predicted molar refractivity (Wildman–Crippen MR) is 81.5 cm³/mol. The van der Waals surface area contributed by atoms with E-state index in [1.165, 1.54) is 19.2 Å². The first-order valence-electron chi connectivity index (χ1n) is 6.00. The quantitative estimate of drug-likeness (QED) is 0.834. The maximum Gasteiger partial charge on any atom is 0.160 e. The van der Waals surface area contributed by atoms with Gasteiger partial charge < -0.3 is 10.1 Å². The predicted octanol–water partition coefficient (Wildman–Crippen LogP) is 4.62. The van der Waals surface area contributed by atoms with E-state index in [1.54, 1.807) is 12.1 Å². The van der Waals surface area contributed by atoms with Crippen LogP contribution in [0.25, 0.3) is 0 Å². The Bertz CT molecular complexity index is 690. The molecule has 0 aromatic heterocycles. The van der Waals surface area contributed by atoms with Crippen LogP contribution in [0.5, 0.6) is 5.75 Å². The normalized spacial score (nSPS) is 10.0. The molecule has 0 fully saturated rings. The molecule has 2 aromatic rings. The summed E-state index contributed by atoms with van der Waals surface area (Å²) in [6.45, 7) is 0.441. The van der Waals surface area contributed by atoms with Crippen molar-refractivity contribution in [1.82, 2.24) is 0 Å². The van der Waals surface area contributed by atoms with Crippen LogP contribution in [0.2, 0.25) is 10.0 Å². The lowest BCUT2D eigenvalue weighted by Gasteiger charge is -2.10. The third kappa shape index (κ3) is 3.57. The number of anilines is 1. The molecular weight excluding hydrogens is 314 g/mol. The molecule has 108 valence electrons. The van der Waals surface area contributed by atoms with Gasteiger partial charge in [0.1, 0.15) is 11.8 Å². The largest absolute Gasteiger partial charge is 0.495 e. The minimum atomic E-state index is -0.639. The van der Waals surface area contributed by atoms with E-state index in [2.05, 4.69) is 11.4 Å². The van der Waals surface area contributed by atoms with Crippen molar-refractivity contribution in [2.75, 3.05) is 12.4 Å². The van der Waals surface area contributed by atoms with Gasteiger partial charge in [-0.05, 0) is 29.8 Å². The number of halogens is 3. The van der Waals surface area contributed by atoms with Crippen molar-refractivity contribution >= 4 is 28.9 Å². The van der Waals surface area contributed by atoms with Crippen molar-refractivity contribution < 1.29 is 9.13 Å². The van der Waals surface area contributed by atoms with Gasteiger partial charge in [0.25, 0.3) is 0 Å². The molecule has 0 saturated carbocycles. The van der Waals surface area contributed by atoms with Crippen molar-refractivity contribution in [1.29, 1.82) is 5.26 Å². The van der Waals surface area contributed by atoms with Crippen LogP contribution in [-0.2, 0) is 6.54 Å². The van der Waals surface area contributed by atoms with Crippen LogP contribution in [0.4, 0.5) is 10.1 Å². The molecule has 0 heterocycles. The van der Waals surface area contributed by atoms with Gasteiger partial charge in [-0.15, -0.1) is 0 Å². The average molecular weight is 325 g/mol. The number of hydrogen-bond acceptors (Lipinski definition) is 3. The molecule has 0 bridgehead atoms. The number of rotatable bonds is 4. The zero-order chi connectivity index (χ0) is 15.4. The van der Waals surface area contributed by atoms with Crippen LogP contribution in [-0.4, -0.2) is 7.11 Å². The number of benzene rings is 2. The van der Waals surface area contributed by atoms with E-state index in [0.29, 0.717) is 23.5 Å². The maximum absolute atomic E-state index is 13.3. The Kier molecular flexibility index (Phi) is 4.89. The van der Waals surface area contributed by atoms with Gasteiger partial charge in [-0.2, -0.15) is 5.26 Å². The Labute approximate surface area is 131 Å². The van der Waals surface area contributed by atoms with Crippen molar-refractivity contribution in [3.63, 3.8) is 0 Å². The molecule has 0 saturated heterocycles. The van der Waals surface area contributed by atoms with Crippen molar-refractivity contribution in [3.05, 3.63) is 57.3 Å². The zero-order valence-electron chi connectivity index (χ0n) is 11.1. The summed E-state index contributed by atoms with van der Waals surface area (Å²) in [5.41, 5.74) is 1.93. The van der Waals surface area contributed by atoms with E-state index < -0.39 is 5.82 Å². The van der Waals surface area contributed by atoms with E-state index in [4.69, 9.17) is 33.2 Å². The number of nitriles is 1. The van der Waals surface area contributed by atoms with Crippen LogP contribution in [0.1, 0.15) is 11.1 Å². The Morgan fingerprint density at radius 1 is 1.24 bits per heavy atom. The van der Waals surface area contributed by atoms with Gasteiger partial charge in [0.2, 0.25) is 0 Å². The van der Waals surface area contributed by atoms with Gasteiger partial charge in [0.05, 0.1) is 22.7 Å². The Morgan fingerprint density at radius 3 is 2.48 bits per heavy atom. The molecule has 2 rings (SSSR count). The monoisotopic (exact) mass is 324 g/mol. The summed E-state index contributed by atoms with van der Waals surface area (Å²) in [5.74, 6) is -0.116. The van der Waals surface area contributed by atoms with Crippen LogP contribution in [0, 0.1) is 17.1 Å². The first-order chi connectivity index (χ1) is 10.0. The Morgan fingerprint density at radius 2 is 1.90 bits per heavy atom. The summed E-state index contributed by atoms with van der Waals surface area (Å²) in [5, 5.41) is 12.0. The number of nitrogens with zero attached hydrogens (tertiary/aromatic N) is 1. The molecule has 0 spiro atoms. The second kappa shape index (κ2) is 6.66. The fourth-order valence-corrected chi connectivity index (χ4v) is 2.30. The molecule has 21 heavy (non-hydrogen) atoms. The van der Waals surface area contributed by atoms with E-state index in [-0.39, 0.29) is 10.0 Å². The molecule has 3 nitrogen and oxygen atoms in total. The smallest absolute Gasteiger partial charge is 0.160 e. The fourth-order valence-electron chi connectivity index (χ4n) is 1.81. The standard InChI is InChI=1S/C15H11Cl2FN2O/c1-21-14-3-2-9(4-10(14)7-19)8-20-11-5-12(16)15(18)13(17)6-11/h2-6,20H,8H2,1H3. The number of hydrogen-bond donors (Lipinski definition) is 1. The van der Waals surface area contributed by atoms with Crippen LogP contribution < -0.4 is 10.1 Å². The first kappa shape index (κ1) is 15.4. The van der Waals surface area contributed by atoms with Gasteiger partial charge in [-0.3, -0.25) is 0 Å². The number of methoxy groups -OCH3 is 1. The lowest BCUT2D eigenvalue weighted by Crippen LogP contribution is -2.01. The SMILES string of the molecule is COc1ccc(CNc2cc(Cl)c(F)c(Cl)c2)cc1C#N. The van der Waals surface area contributed by atoms with Gasteiger partial charge in [0.15, 0.2) is 5.82 Å². The molecule has 6 heteroatoms. The van der Waals surface area contributed by atoms with Crippen LogP contribution in [0.3, 0.4) is 0 Å². The summed E-state index contributed by atoms with van der Waals surface area (Å²) in [6, 6.07) is 10.3. The zero-order valence-corrected chi connectivity index (χ0v) is 12.6. The average Bonchev–Trinajstić information content (AvgIpc) is 2.50. The Hall–Kier alpha value is -1.96. The van der Waals surface area contributed by atoms with E-state index >= 15 is 0 Å². The summed E-state index contributed by atoms with van der Waals surface area (Å²) < 4.78 is 18.4. The van der Waals surface area contributed by atoms with E-state index in [1.807, 2.05) is 6.07 Å². The minimum Gasteiger partial charge on any atom is -0.495 e.